The molecule has 8 heteroatoms. The number of aryl methyl sites for hydroxylation is 1. The molecule has 0 saturated carbocycles. The second-order valence-electron chi connectivity index (χ2n) is 6.17. The molecule has 0 aliphatic heterocycles. The fraction of sp³-hybridized carbons (Fsp3) is 0.353. The predicted molar refractivity (Wildman–Crippen MR) is 96.8 cm³/mol. The first-order valence-corrected chi connectivity index (χ1v) is 8.75. The normalized spacial score (nSPS) is 11.1. The summed E-state index contributed by atoms with van der Waals surface area (Å²) in [4.78, 5) is 15.2. The van der Waals surface area contributed by atoms with E-state index in [4.69, 9.17) is 4.42 Å². The second-order valence-corrected chi connectivity index (χ2v) is 7.09. The Labute approximate surface area is 150 Å². The van der Waals surface area contributed by atoms with Gasteiger partial charge in [0.05, 0.1) is 0 Å². The van der Waals surface area contributed by atoms with Crippen LogP contribution in [0.25, 0.3) is 11.5 Å². The van der Waals surface area contributed by atoms with E-state index in [9.17, 15) is 0 Å². The van der Waals surface area contributed by atoms with E-state index in [1.165, 1.54) is 17.3 Å². The number of anilines is 1. The molecule has 0 amide bonds. The highest BCUT2D eigenvalue weighted by atomic mass is 32.2. The van der Waals surface area contributed by atoms with Gasteiger partial charge in [-0.1, -0.05) is 31.5 Å². The molecule has 0 unspecified atom stereocenters. The second kappa shape index (κ2) is 7.18. The summed E-state index contributed by atoms with van der Waals surface area (Å²) in [5, 5.41) is 9.15. The van der Waals surface area contributed by atoms with Crippen molar-refractivity contribution in [2.24, 2.45) is 0 Å². The maximum absolute atomic E-state index is 5.74. The van der Waals surface area contributed by atoms with Crippen LogP contribution < -0.4 is 4.90 Å². The van der Waals surface area contributed by atoms with E-state index in [1.807, 2.05) is 64.0 Å². The topological polar surface area (TPSA) is 80.8 Å². The summed E-state index contributed by atoms with van der Waals surface area (Å²) in [5.74, 6) is 2.03. The lowest BCUT2D eigenvalue weighted by Crippen LogP contribution is -2.15. The van der Waals surface area contributed by atoms with Crippen LogP contribution in [0, 0.1) is 6.92 Å². The largest absolute Gasteiger partial charge is 0.411 e. The average molecular weight is 356 g/mol. The lowest BCUT2D eigenvalue weighted by molar-refractivity contribution is 0.465. The Balaban J connectivity index is 1.86. The standard InChI is InChI=1S/C17H20N6OS/c1-10(2)13-18-15(23(4)5)20-16(19-13)25-17-22-21-14(24-17)12-8-6-11(3)7-9-12/h6-10H,1-5H3. The van der Waals surface area contributed by atoms with Crippen LogP contribution in [0.5, 0.6) is 0 Å². The van der Waals surface area contributed by atoms with Crippen LogP contribution in [-0.4, -0.2) is 39.2 Å². The van der Waals surface area contributed by atoms with Crippen molar-refractivity contribution in [1.82, 2.24) is 25.1 Å². The summed E-state index contributed by atoms with van der Waals surface area (Å²) < 4.78 is 5.74. The highest BCUT2D eigenvalue weighted by molar-refractivity contribution is 7.98. The van der Waals surface area contributed by atoms with Crippen LogP contribution in [0.4, 0.5) is 5.95 Å². The van der Waals surface area contributed by atoms with Gasteiger partial charge in [0.2, 0.25) is 17.0 Å². The molecular formula is C17H20N6OS. The summed E-state index contributed by atoms with van der Waals surface area (Å²) >= 11 is 1.24. The molecule has 7 nitrogen and oxygen atoms in total. The van der Waals surface area contributed by atoms with Crippen LogP contribution in [0.3, 0.4) is 0 Å². The van der Waals surface area contributed by atoms with Gasteiger partial charge in [-0.05, 0) is 19.1 Å². The smallest absolute Gasteiger partial charge is 0.284 e. The van der Waals surface area contributed by atoms with Crippen LogP contribution in [0.2, 0.25) is 0 Å². The Bertz CT molecular complexity index is 834. The molecule has 0 atom stereocenters. The fourth-order valence-corrected chi connectivity index (χ4v) is 2.63. The summed E-state index contributed by atoms with van der Waals surface area (Å²) in [7, 11) is 3.80. The SMILES string of the molecule is Cc1ccc(-c2nnc(Sc3nc(C(C)C)nc(N(C)C)n3)o2)cc1. The first kappa shape index (κ1) is 17.3. The Kier molecular flexibility index (Phi) is 4.98. The van der Waals surface area contributed by atoms with Crippen LogP contribution in [0.1, 0.15) is 31.2 Å². The zero-order valence-electron chi connectivity index (χ0n) is 14.9. The molecule has 0 aliphatic rings. The zero-order chi connectivity index (χ0) is 18.0. The van der Waals surface area contributed by atoms with E-state index in [0.717, 1.165) is 11.4 Å². The van der Waals surface area contributed by atoms with Crippen molar-refractivity contribution in [3.8, 4) is 11.5 Å². The van der Waals surface area contributed by atoms with E-state index < -0.39 is 0 Å². The van der Waals surface area contributed by atoms with E-state index >= 15 is 0 Å². The molecule has 0 saturated heterocycles. The average Bonchev–Trinajstić information content (AvgIpc) is 3.03. The van der Waals surface area contributed by atoms with Crippen molar-refractivity contribution in [3.63, 3.8) is 0 Å². The van der Waals surface area contributed by atoms with Crippen molar-refractivity contribution >= 4 is 17.7 Å². The van der Waals surface area contributed by atoms with Crippen LogP contribution >= 0.6 is 11.8 Å². The fourth-order valence-electron chi connectivity index (χ4n) is 2.01. The molecule has 25 heavy (non-hydrogen) atoms. The van der Waals surface area contributed by atoms with Crippen molar-refractivity contribution in [1.29, 1.82) is 0 Å². The predicted octanol–water partition coefficient (Wildman–Crippen LogP) is 3.57. The van der Waals surface area contributed by atoms with E-state index in [1.54, 1.807) is 0 Å². The highest BCUT2D eigenvalue weighted by Gasteiger charge is 2.15. The minimum absolute atomic E-state index is 0.201. The van der Waals surface area contributed by atoms with Gasteiger partial charge in [0.25, 0.3) is 5.22 Å². The molecule has 130 valence electrons. The first-order valence-electron chi connectivity index (χ1n) is 7.94. The third kappa shape index (κ3) is 4.14. The molecular weight excluding hydrogens is 336 g/mol. The monoisotopic (exact) mass is 356 g/mol. The van der Waals surface area contributed by atoms with Crippen molar-refractivity contribution in [2.75, 3.05) is 19.0 Å². The number of benzene rings is 1. The Morgan fingerprint density at radius 3 is 2.36 bits per heavy atom. The van der Waals surface area contributed by atoms with E-state index in [-0.39, 0.29) is 5.92 Å². The summed E-state index contributed by atoms with van der Waals surface area (Å²) in [6.07, 6.45) is 0. The van der Waals surface area contributed by atoms with Gasteiger partial charge in [-0.25, -0.2) is 4.98 Å². The molecule has 0 radical (unpaired) electrons. The Hall–Kier alpha value is -2.48. The molecule has 3 rings (SSSR count). The molecule has 0 aliphatic carbocycles. The molecule has 2 heterocycles. The van der Waals surface area contributed by atoms with E-state index in [0.29, 0.717) is 22.2 Å². The number of nitrogens with zero attached hydrogens (tertiary/aromatic N) is 6. The molecule has 2 aromatic heterocycles. The third-order valence-electron chi connectivity index (χ3n) is 3.42. The van der Waals surface area contributed by atoms with Gasteiger partial charge in [0.15, 0.2) is 0 Å². The number of hydrogen-bond donors (Lipinski definition) is 0. The quantitative estimate of drug-likeness (QED) is 0.686. The molecule has 0 N–H and O–H groups in total. The van der Waals surface area contributed by atoms with Crippen LogP contribution in [-0.2, 0) is 0 Å². The van der Waals surface area contributed by atoms with Crippen LogP contribution in [0.15, 0.2) is 39.1 Å². The van der Waals surface area contributed by atoms with Gasteiger partial charge >= 0.3 is 0 Å². The Morgan fingerprint density at radius 1 is 1.00 bits per heavy atom. The molecule has 0 bridgehead atoms. The van der Waals surface area contributed by atoms with Gasteiger partial charge in [-0.3, -0.25) is 0 Å². The first-order chi connectivity index (χ1) is 11.9. The highest BCUT2D eigenvalue weighted by Crippen LogP contribution is 2.28. The maximum Gasteiger partial charge on any atom is 0.284 e. The van der Waals surface area contributed by atoms with E-state index in [2.05, 4.69) is 25.1 Å². The number of aromatic nitrogens is 5. The van der Waals surface area contributed by atoms with Gasteiger partial charge in [0.1, 0.15) is 5.82 Å². The van der Waals surface area contributed by atoms with Crippen molar-refractivity contribution in [2.45, 2.75) is 37.1 Å². The Morgan fingerprint density at radius 2 is 1.72 bits per heavy atom. The summed E-state index contributed by atoms with van der Waals surface area (Å²) in [5.41, 5.74) is 2.07. The van der Waals surface area contributed by atoms with Gasteiger partial charge < -0.3 is 9.32 Å². The number of hydrogen-bond acceptors (Lipinski definition) is 8. The minimum Gasteiger partial charge on any atom is -0.411 e. The molecule has 0 fully saturated rings. The third-order valence-corrected chi connectivity index (χ3v) is 4.13. The summed E-state index contributed by atoms with van der Waals surface area (Å²) in [6.45, 7) is 6.13. The van der Waals surface area contributed by atoms with Crippen molar-refractivity contribution < 1.29 is 4.42 Å². The maximum atomic E-state index is 5.74. The van der Waals surface area contributed by atoms with Gasteiger partial charge in [-0.2, -0.15) is 9.97 Å². The molecule has 0 spiro atoms. The summed E-state index contributed by atoms with van der Waals surface area (Å²) in [6, 6.07) is 7.94. The van der Waals surface area contributed by atoms with Gasteiger partial charge in [-0.15, -0.1) is 10.2 Å². The number of rotatable bonds is 5. The minimum atomic E-state index is 0.201. The molecule has 3 aromatic rings. The van der Waals surface area contributed by atoms with Gasteiger partial charge in [0, 0.05) is 37.3 Å². The lowest BCUT2D eigenvalue weighted by atomic mass is 10.1. The lowest BCUT2D eigenvalue weighted by Gasteiger charge is -2.13. The zero-order valence-corrected chi connectivity index (χ0v) is 15.7. The van der Waals surface area contributed by atoms with Crippen molar-refractivity contribution in [3.05, 3.63) is 35.7 Å². The molecule has 1 aromatic carbocycles.